The number of sulfonamides is 1. The van der Waals surface area contributed by atoms with Gasteiger partial charge in [-0.3, -0.25) is 4.79 Å². The van der Waals surface area contributed by atoms with Crippen LogP contribution >= 0.6 is 0 Å². The van der Waals surface area contributed by atoms with E-state index in [-0.39, 0.29) is 35.9 Å². The van der Waals surface area contributed by atoms with Crippen LogP contribution in [-0.4, -0.2) is 37.8 Å². The van der Waals surface area contributed by atoms with Crippen LogP contribution in [0.4, 0.5) is 13.2 Å². The van der Waals surface area contributed by atoms with Gasteiger partial charge in [-0.05, 0) is 56.7 Å². The van der Waals surface area contributed by atoms with Gasteiger partial charge in [-0.2, -0.15) is 17.5 Å². The van der Waals surface area contributed by atoms with Crippen molar-refractivity contribution in [3.8, 4) is 0 Å². The summed E-state index contributed by atoms with van der Waals surface area (Å²) in [7, 11) is -4.02. The Labute approximate surface area is 157 Å². The second kappa shape index (κ2) is 7.43. The number of piperidine rings is 1. The summed E-state index contributed by atoms with van der Waals surface area (Å²) in [5.74, 6) is 0.208. The predicted octanol–water partition coefficient (Wildman–Crippen LogP) is 3.02. The van der Waals surface area contributed by atoms with Crippen molar-refractivity contribution in [1.29, 1.82) is 0 Å². The first kappa shape index (κ1) is 20.1. The molecule has 0 bridgehead atoms. The Morgan fingerprint density at radius 3 is 2.37 bits per heavy atom. The van der Waals surface area contributed by atoms with Crippen LogP contribution in [0.1, 0.15) is 38.2 Å². The van der Waals surface area contributed by atoms with E-state index in [2.05, 4.69) is 5.32 Å². The van der Waals surface area contributed by atoms with Crippen molar-refractivity contribution in [3.63, 3.8) is 0 Å². The second-order valence-electron chi connectivity index (χ2n) is 7.34. The molecule has 9 heteroatoms. The van der Waals surface area contributed by atoms with E-state index in [0.717, 1.165) is 29.3 Å². The lowest BCUT2D eigenvalue weighted by molar-refractivity contribution is -0.137. The van der Waals surface area contributed by atoms with E-state index in [1.807, 2.05) is 6.92 Å². The molecule has 1 aromatic rings. The Bertz CT molecular complexity index is 798. The van der Waals surface area contributed by atoms with E-state index >= 15 is 0 Å². The SMILES string of the molecule is C[C@H](NC(=O)C1CCN(S(=O)(=O)c2cccc(C(F)(F)F)c2)CC1)C1CC1. The number of halogens is 3. The van der Waals surface area contributed by atoms with Gasteiger partial charge in [-0.25, -0.2) is 8.42 Å². The number of hydrogen-bond donors (Lipinski definition) is 1. The average molecular weight is 404 g/mol. The minimum Gasteiger partial charge on any atom is -0.353 e. The molecule has 1 aromatic carbocycles. The number of hydrogen-bond acceptors (Lipinski definition) is 3. The van der Waals surface area contributed by atoms with Crippen LogP contribution in [0.15, 0.2) is 29.2 Å². The third kappa shape index (κ3) is 4.63. The van der Waals surface area contributed by atoms with E-state index in [1.54, 1.807) is 0 Å². The van der Waals surface area contributed by atoms with Crippen LogP contribution in [0.3, 0.4) is 0 Å². The van der Waals surface area contributed by atoms with Crippen molar-refractivity contribution in [2.24, 2.45) is 11.8 Å². The van der Waals surface area contributed by atoms with Crippen LogP contribution < -0.4 is 5.32 Å². The molecule has 27 heavy (non-hydrogen) atoms. The predicted molar refractivity (Wildman–Crippen MR) is 93.3 cm³/mol. The molecule has 1 N–H and O–H groups in total. The molecule has 1 atom stereocenters. The highest BCUT2D eigenvalue weighted by molar-refractivity contribution is 7.89. The van der Waals surface area contributed by atoms with E-state index in [4.69, 9.17) is 0 Å². The Hall–Kier alpha value is -1.61. The first-order chi connectivity index (χ1) is 12.6. The zero-order chi connectivity index (χ0) is 19.8. The lowest BCUT2D eigenvalue weighted by Crippen LogP contribution is -2.45. The zero-order valence-corrected chi connectivity index (χ0v) is 15.8. The number of rotatable bonds is 5. The Morgan fingerprint density at radius 1 is 1.19 bits per heavy atom. The maximum atomic E-state index is 12.9. The van der Waals surface area contributed by atoms with E-state index < -0.39 is 21.8 Å². The molecule has 2 fully saturated rings. The van der Waals surface area contributed by atoms with Gasteiger partial charge in [0, 0.05) is 25.0 Å². The van der Waals surface area contributed by atoms with Gasteiger partial charge in [0.25, 0.3) is 0 Å². The standard InChI is InChI=1S/C18H23F3N2O3S/c1-12(13-5-6-13)22-17(24)14-7-9-23(10-8-14)27(25,26)16-4-2-3-15(11-16)18(19,20)21/h2-4,11-14H,5-10H2,1H3,(H,22,24)/t12-/m0/s1. The van der Waals surface area contributed by atoms with Crippen LogP contribution in [0.5, 0.6) is 0 Å². The maximum absolute atomic E-state index is 12.9. The average Bonchev–Trinajstić information content (AvgIpc) is 3.46. The fourth-order valence-corrected chi connectivity index (χ4v) is 4.91. The van der Waals surface area contributed by atoms with Gasteiger partial charge in [-0.15, -0.1) is 0 Å². The first-order valence-corrected chi connectivity index (χ1v) is 10.5. The summed E-state index contributed by atoms with van der Waals surface area (Å²) in [5, 5.41) is 2.99. The molecule has 1 amide bonds. The van der Waals surface area contributed by atoms with Crippen molar-refractivity contribution in [1.82, 2.24) is 9.62 Å². The number of benzene rings is 1. The lowest BCUT2D eigenvalue weighted by atomic mass is 9.96. The van der Waals surface area contributed by atoms with Crippen molar-refractivity contribution in [2.75, 3.05) is 13.1 Å². The van der Waals surface area contributed by atoms with Crippen LogP contribution in [0, 0.1) is 11.8 Å². The van der Waals surface area contributed by atoms with Crippen molar-refractivity contribution in [3.05, 3.63) is 29.8 Å². The molecular formula is C18H23F3N2O3S. The monoisotopic (exact) mass is 404 g/mol. The van der Waals surface area contributed by atoms with Gasteiger partial charge in [0.05, 0.1) is 10.5 Å². The summed E-state index contributed by atoms with van der Waals surface area (Å²) in [6, 6.07) is 3.89. The van der Waals surface area contributed by atoms with Crippen LogP contribution in [-0.2, 0) is 21.0 Å². The topological polar surface area (TPSA) is 66.5 Å². The van der Waals surface area contributed by atoms with Gasteiger partial charge in [0.1, 0.15) is 0 Å². The molecule has 2 aliphatic rings. The third-order valence-corrected chi connectivity index (χ3v) is 7.22. The normalized spacial score (nSPS) is 21.0. The molecule has 0 aromatic heterocycles. The van der Waals surface area contributed by atoms with Crippen LogP contribution in [0.25, 0.3) is 0 Å². The highest BCUT2D eigenvalue weighted by atomic mass is 32.2. The summed E-state index contributed by atoms with van der Waals surface area (Å²) in [5.41, 5.74) is -0.994. The van der Waals surface area contributed by atoms with E-state index in [9.17, 15) is 26.4 Å². The Kier molecular flexibility index (Phi) is 5.54. The van der Waals surface area contributed by atoms with Gasteiger partial charge < -0.3 is 5.32 Å². The first-order valence-electron chi connectivity index (χ1n) is 9.07. The van der Waals surface area contributed by atoms with Gasteiger partial charge in [-0.1, -0.05) is 6.07 Å². The van der Waals surface area contributed by atoms with Crippen molar-refractivity contribution in [2.45, 2.75) is 49.7 Å². The minimum atomic E-state index is -4.60. The number of carbonyl (C=O) groups excluding carboxylic acids is 1. The molecule has 1 saturated heterocycles. The molecule has 3 rings (SSSR count). The highest BCUT2D eigenvalue weighted by Crippen LogP contribution is 2.33. The maximum Gasteiger partial charge on any atom is 0.416 e. The molecule has 0 radical (unpaired) electrons. The molecular weight excluding hydrogens is 381 g/mol. The molecule has 1 saturated carbocycles. The van der Waals surface area contributed by atoms with Gasteiger partial charge in [0.2, 0.25) is 15.9 Å². The lowest BCUT2D eigenvalue weighted by Gasteiger charge is -2.31. The smallest absolute Gasteiger partial charge is 0.353 e. The quantitative estimate of drug-likeness (QED) is 0.820. The number of nitrogens with one attached hydrogen (secondary N) is 1. The molecule has 1 heterocycles. The number of nitrogens with zero attached hydrogens (tertiary/aromatic N) is 1. The molecule has 0 spiro atoms. The van der Waals surface area contributed by atoms with E-state index in [1.165, 1.54) is 6.07 Å². The second-order valence-corrected chi connectivity index (χ2v) is 9.28. The summed E-state index contributed by atoms with van der Waals surface area (Å²) in [6.45, 7) is 2.21. The highest BCUT2D eigenvalue weighted by Gasteiger charge is 2.36. The number of carbonyl (C=O) groups is 1. The summed E-state index contributed by atoms with van der Waals surface area (Å²) >= 11 is 0. The van der Waals surface area contributed by atoms with Crippen molar-refractivity contribution >= 4 is 15.9 Å². The molecule has 1 aliphatic heterocycles. The molecule has 0 unspecified atom stereocenters. The molecule has 1 aliphatic carbocycles. The van der Waals surface area contributed by atoms with Crippen molar-refractivity contribution < 1.29 is 26.4 Å². The summed E-state index contributed by atoms with van der Waals surface area (Å²) in [6.07, 6.45) is -1.64. The number of amides is 1. The Morgan fingerprint density at radius 2 is 1.81 bits per heavy atom. The zero-order valence-electron chi connectivity index (χ0n) is 15.0. The Balaban J connectivity index is 1.63. The fourth-order valence-electron chi connectivity index (χ4n) is 3.40. The third-order valence-electron chi connectivity index (χ3n) is 5.32. The van der Waals surface area contributed by atoms with E-state index in [0.29, 0.717) is 24.8 Å². The largest absolute Gasteiger partial charge is 0.416 e. The van der Waals surface area contributed by atoms with Gasteiger partial charge in [0.15, 0.2) is 0 Å². The number of alkyl halides is 3. The summed E-state index contributed by atoms with van der Waals surface area (Å²) in [4.78, 5) is 11.9. The minimum absolute atomic E-state index is 0.0643. The molecule has 150 valence electrons. The fraction of sp³-hybridized carbons (Fsp3) is 0.611. The molecule has 5 nitrogen and oxygen atoms in total. The van der Waals surface area contributed by atoms with Crippen LogP contribution in [0.2, 0.25) is 0 Å². The summed E-state index contributed by atoms with van der Waals surface area (Å²) < 4.78 is 65.1. The van der Waals surface area contributed by atoms with Gasteiger partial charge >= 0.3 is 6.18 Å².